The number of hydrogen-bond donors (Lipinski definition) is 2. The number of carbonyl (C=O) groups is 1. The van der Waals surface area contributed by atoms with Gasteiger partial charge in [0.05, 0.1) is 11.9 Å². The van der Waals surface area contributed by atoms with Crippen molar-refractivity contribution < 1.29 is 4.79 Å². The van der Waals surface area contributed by atoms with E-state index in [9.17, 15) is 4.79 Å². The number of carbonyl (C=O) groups excluding carboxylic acids is 1. The second kappa shape index (κ2) is 8.81. The molecular weight excluding hydrogens is 324 g/mol. The van der Waals surface area contributed by atoms with Crippen LogP contribution in [0.2, 0.25) is 0 Å². The Balaban J connectivity index is 1.89. The van der Waals surface area contributed by atoms with Crippen LogP contribution in [-0.4, -0.2) is 43.0 Å². The molecule has 0 unspecified atom stereocenters. The first-order valence-corrected chi connectivity index (χ1v) is 9.02. The monoisotopic (exact) mass is 354 g/mol. The summed E-state index contributed by atoms with van der Waals surface area (Å²) in [5, 5.41) is 6.17. The average Bonchev–Trinajstić information content (AvgIpc) is 2.59. The van der Waals surface area contributed by atoms with Crippen LogP contribution >= 0.6 is 0 Å². The Morgan fingerprint density at radius 2 is 1.77 bits per heavy atom. The van der Waals surface area contributed by atoms with E-state index in [2.05, 4.69) is 55.4 Å². The summed E-state index contributed by atoms with van der Waals surface area (Å²) < 4.78 is 0. The highest BCUT2D eigenvalue weighted by atomic mass is 16.1. The number of rotatable bonds is 7. The summed E-state index contributed by atoms with van der Waals surface area (Å²) >= 11 is 0. The standard InChI is InChI=1S/C21H30N4O/c1-21(2,3)17-9-7-16(8-10-17)20(26)24-19-12-11-18(15-23-19)22-13-6-14-25(4)5/h7-12,15,22H,6,13-14H2,1-5H3,(H,23,24,26). The number of nitrogens with zero attached hydrogens (tertiary/aromatic N) is 2. The van der Waals surface area contributed by atoms with E-state index >= 15 is 0 Å². The number of hydrogen-bond acceptors (Lipinski definition) is 4. The minimum absolute atomic E-state index is 0.0753. The van der Waals surface area contributed by atoms with Crippen LogP contribution in [0.4, 0.5) is 11.5 Å². The minimum Gasteiger partial charge on any atom is -0.384 e. The number of nitrogens with one attached hydrogen (secondary N) is 2. The number of aromatic nitrogens is 1. The van der Waals surface area contributed by atoms with Crippen LogP contribution < -0.4 is 10.6 Å². The molecule has 1 aromatic heterocycles. The fraction of sp³-hybridized carbons (Fsp3) is 0.429. The molecule has 0 spiro atoms. The molecule has 0 aliphatic heterocycles. The van der Waals surface area contributed by atoms with Crippen molar-refractivity contribution in [1.29, 1.82) is 0 Å². The van der Waals surface area contributed by atoms with E-state index < -0.39 is 0 Å². The Morgan fingerprint density at radius 1 is 1.08 bits per heavy atom. The van der Waals surface area contributed by atoms with Crippen molar-refractivity contribution in [3.63, 3.8) is 0 Å². The molecule has 26 heavy (non-hydrogen) atoms. The highest BCUT2D eigenvalue weighted by Crippen LogP contribution is 2.22. The van der Waals surface area contributed by atoms with Crippen LogP contribution in [-0.2, 0) is 5.41 Å². The van der Waals surface area contributed by atoms with Gasteiger partial charge in [-0.25, -0.2) is 4.98 Å². The molecule has 5 nitrogen and oxygen atoms in total. The third-order valence-corrected chi connectivity index (χ3v) is 4.13. The second-order valence-electron chi connectivity index (χ2n) is 7.80. The molecule has 0 aliphatic carbocycles. The van der Waals surface area contributed by atoms with Gasteiger partial charge in [0.1, 0.15) is 5.82 Å². The van der Waals surface area contributed by atoms with E-state index in [1.54, 1.807) is 6.20 Å². The van der Waals surface area contributed by atoms with E-state index in [0.717, 1.165) is 25.2 Å². The summed E-state index contributed by atoms with van der Waals surface area (Å²) in [5.41, 5.74) is 2.87. The van der Waals surface area contributed by atoms with Crippen molar-refractivity contribution in [1.82, 2.24) is 9.88 Å². The maximum atomic E-state index is 12.4. The van der Waals surface area contributed by atoms with Gasteiger partial charge in [0, 0.05) is 12.1 Å². The van der Waals surface area contributed by atoms with Crippen molar-refractivity contribution in [2.75, 3.05) is 37.8 Å². The van der Waals surface area contributed by atoms with Crippen molar-refractivity contribution in [3.8, 4) is 0 Å². The summed E-state index contributed by atoms with van der Waals surface area (Å²) in [4.78, 5) is 18.8. The molecule has 0 saturated carbocycles. The molecule has 2 rings (SSSR count). The van der Waals surface area contributed by atoms with E-state index in [0.29, 0.717) is 11.4 Å². The Morgan fingerprint density at radius 3 is 2.31 bits per heavy atom. The molecule has 0 atom stereocenters. The van der Waals surface area contributed by atoms with E-state index in [1.165, 1.54) is 5.56 Å². The third kappa shape index (κ3) is 6.15. The van der Waals surface area contributed by atoms with Gasteiger partial charge in [0.2, 0.25) is 0 Å². The third-order valence-electron chi connectivity index (χ3n) is 4.13. The van der Waals surface area contributed by atoms with Crippen LogP contribution in [0.15, 0.2) is 42.6 Å². The SMILES string of the molecule is CN(C)CCCNc1ccc(NC(=O)c2ccc(C(C)(C)C)cc2)nc1. The molecule has 0 bridgehead atoms. The van der Waals surface area contributed by atoms with Gasteiger partial charge in [0.25, 0.3) is 5.91 Å². The Labute approximate surface area is 156 Å². The number of amides is 1. The molecule has 1 heterocycles. The average molecular weight is 354 g/mol. The minimum atomic E-state index is -0.148. The van der Waals surface area contributed by atoms with E-state index in [1.807, 2.05) is 36.4 Å². The van der Waals surface area contributed by atoms with Crippen molar-refractivity contribution in [2.45, 2.75) is 32.6 Å². The first-order chi connectivity index (χ1) is 12.3. The van der Waals surface area contributed by atoms with Crippen LogP contribution in [0.5, 0.6) is 0 Å². The maximum Gasteiger partial charge on any atom is 0.256 e. The van der Waals surface area contributed by atoms with Crippen LogP contribution in [0, 0.1) is 0 Å². The van der Waals surface area contributed by atoms with Gasteiger partial charge >= 0.3 is 0 Å². The highest BCUT2D eigenvalue weighted by molar-refractivity contribution is 6.03. The fourth-order valence-electron chi connectivity index (χ4n) is 2.51. The van der Waals surface area contributed by atoms with Crippen molar-refractivity contribution >= 4 is 17.4 Å². The topological polar surface area (TPSA) is 57.3 Å². The summed E-state index contributed by atoms with van der Waals surface area (Å²) in [6, 6.07) is 11.5. The zero-order valence-electron chi connectivity index (χ0n) is 16.5. The number of benzene rings is 1. The predicted octanol–water partition coefficient (Wildman–Crippen LogP) is 4.00. The van der Waals surface area contributed by atoms with Crippen molar-refractivity contribution in [3.05, 3.63) is 53.7 Å². The van der Waals surface area contributed by atoms with E-state index in [-0.39, 0.29) is 11.3 Å². The van der Waals surface area contributed by atoms with Gasteiger partial charge in [-0.1, -0.05) is 32.9 Å². The molecule has 5 heteroatoms. The van der Waals surface area contributed by atoms with Crippen molar-refractivity contribution in [2.24, 2.45) is 0 Å². The molecule has 0 radical (unpaired) electrons. The molecule has 1 aromatic carbocycles. The summed E-state index contributed by atoms with van der Waals surface area (Å²) in [6.07, 6.45) is 2.81. The summed E-state index contributed by atoms with van der Waals surface area (Å²) in [6.45, 7) is 8.40. The lowest BCUT2D eigenvalue weighted by Crippen LogP contribution is -2.16. The molecule has 2 aromatic rings. The normalized spacial score (nSPS) is 11.5. The van der Waals surface area contributed by atoms with Crippen LogP contribution in [0.1, 0.15) is 43.1 Å². The van der Waals surface area contributed by atoms with Gasteiger partial charge in [0.15, 0.2) is 0 Å². The van der Waals surface area contributed by atoms with Gasteiger partial charge in [-0.2, -0.15) is 0 Å². The molecule has 0 aliphatic rings. The van der Waals surface area contributed by atoms with Gasteiger partial charge < -0.3 is 15.5 Å². The molecule has 0 saturated heterocycles. The number of pyridine rings is 1. The first kappa shape index (κ1) is 19.9. The lowest BCUT2D eigenvalue weighted by Gasteiger charge is -2.19. The second-order valence-corrected chi connectivity index (χ2v) is 7.80. The Hall–Kier alpha value is -2.40. The predicted molar refractivity (Wildman–Crippen MR) is 109 cm³/mol. The lowest BCUT2D eigenvalue weighted by molar-refractivity contribution is 0.102. The number of anilines is 2. The van der Waals surface area contributed by atoms with Gasteiger partial charge in [-0.3, -0.25) is 4.79 Å². The highest BCUT2D eigenvalue weighted by Gasteiger charge is 2.14. The fourth-order valence-corrected chi connectivity index (χ4v) is 2.51. The Kier molecular flexibility index (Phi) is 6.75. The molecule has 140 valence electrons. The lowest BCUT2D eigenvalue weighted by atomic mass is 9.87. The zero-order chi connectivity index (χ0) is 19.2. The summed E-state index contributed by atoms with van der Waals surface area (Å²) in [5.74, 6) is 0.401. The van der Waals surface area contributed by atoms with Gasteiger partial charge in [-0.05, 0) is 62.3 Å². The molecule has 1 amide bonds. The van der Waals surface area contributed by atoms with Crippen LogP contribution in [0.25, 0.3) is 0 Å². The quantitative estimate of drug-likeness (QED) is 0.738. The van der Waals surface area contributed by atoms with E-state index in [4.69, 9.17) is 0 Å². The van der Waals surface area contributed by atoms with Crippen LogP contribution in [0.3, 0.4) is 0 Å². The zero-order valence-corrected chi connectivity index (χ0v) is 16.5. The largest absolute Gasteiger partial charge is 0.384 e. The summed E-state index contributed by atoms with van der Waals surface area (Å²) in [7, 11) is 4.13. The maximum absolute atomic E-state index is 12.4. The molecule has 2 N–H and O–H groups in total. The first-order valence-electron chi connectivity index (χ1n) is 9.02. The van der Waals surface area contributed by atoms with Gasteiger partial charge in [-0.15, -0.1) is 0 Å². The molecular formula is C21H30N4O. The Bertz CT molecular complexity index is 700. The molecule has 0 fully saturated rings. The smallest absolute Gasteiger partial charge is 0.256 e.